The van der Waals surface area contributed by atoms with Gasteiger partial charge in [0.15, 0.2) is 0 Å². The summed E-state index contributed by atoms with van der Waals surface area (Å²) in [6.45, 7) is 5.05. The molecular weight excluding hydrogens is 183 g/mol. The Kier molecular flexibility index (Phi) is 5.25. The molecule has 0 aliphatic rings. The van der Waals surface area contributed by atoms with Crippen LogP contribution in [0.5, 0.6) is 0 Å². The third kappa shape index (κ3) is 4.05. The summed E-state index contributed by atoms with van der Waals surface area (Å²) in [4.78, 5) is 10.8. The van der Waals surface area contributed by atoms with Crippen LogP contribution in [0.15, 0.2) is 12.3 Å². The molecule has 0 saturated carbocycles. The molecule has 0 aromatic carbocycles. The molecule has 0 N–H and O–H groups in total. The Hall–Kier alpha value is -0.930. The molecule has 0 heterocycles. The molecule has 0 saturated heterocycles. The lowest BCUT2D eigenvalue weighted by molar-refractivity contribution is -0.141. The van der Waals surface area contributed by atoms with Crippen LogP contribution in [-0.4, -0.2) is 19.7 Å². The lowest BCUT2D eigenvalue weighted by Crippen LogP contribution is -2.07. The van der Waals surface area contributed by atoms with Crippen molar-refractivity contribution in [1.82, 2.24) is 0 Å². The first-order valence-electron chi connectivity index (χ1n) is 3.17. The fourth-order valence-corrected chi connectivity index (χ4v) is 0.705. The molecule has 0 fully saturated rings. The first-order valence-corrected chi connectivity index (χ1v) is 4.26. The number of rotatable bonds is 5. The molecule has 0 bridgehead atoms. The van der Waals surface area contributed by atoms with Crippen molar-refractivity contribution >= 4 is 14.2 Å². The van der Waals surface area contributed by atoms with Crippen molar-refractivity contribution in [3.8, 4) is 0 Å². The van der Waals surface area contributed by atoms with E-state index in [1.54, 1.807) is 6.92 Å². The molecule has 0 radical (unpaired) electrons. The second-order valence-electron chi connectivity index (χ2n) is 1.64. The van der Waals surface area contributed by atoms with E-state index in [1.165, 1.54) is 7.11 Å². The number of hydrogen-bond donors (Lipinski definition) is 0. The Balaban J connectivity index is 3.87. The molecule has 0 spiro atoms. The Morgan fingerprint density at radius 1 is 1.58 bits per heavy atom. The highest BCUT2D eigenvalue weighted by molar-refractivity contribution is 7.33. The molecule has 0 aromatic rings. The molecule has 0 rings (SSSR count). The molecule has 68 valence electrons. The van der Waals surface area contributed by atoms with Crippen molar-refractivity contribution in [3.05, 3.63) is 12.3 Å². The Morgan fingerprint density at radius 3 is 2.58 bits per heavy atom. The van der Waals surface area contributed by atoms with Gasteiger partial charge in [0.2, 0.25) is 0 Å². The van der Waals surface area contributed by atoms with E-state index in [1.807, 2.05) is 0 Å². The largest absolute Gasteiger partial charge is 0.750 e. The van der Waals surface area contributed by atoms with Crippen molar-refractivity contribution in [2.24, 2.45) is 0 Å². The first-order chi connectivity index (χ1) is 5.61. The van der Waals surface area contributed by atoms with Gasteiger partial charge in [-0.05, 0) is 13.5 Å². The maximum atomic E-state index is 10.8. The summed E-state index contributed by atoms with van der Waals surface area (Å²) in [6.07, 6.45) is 0. The van der Waals surface area contributed by atoms with E-state index >= 15 is 0 Å². The average Bonchev–Trinajstić information content (AvgIpc) is 2.04. The fraction of sp³-hybridized carbons (Fsp3) is 0.500. The van der Waals surface area contributed by atoms with Crippen molar-refractivity contribution in [2.75, 3.05) is 13.7 Å². The monoisotopic (exact) mass is 193 g/mol. The van der Waals surface area contributed by atoms with Crippen LogP contribution >= 0.6 is 8.25 Å². The van der Waals surface area contributed by atoms with E-state index in [2.05, 4.69) is 20.4 Å². The molecule has 0 amide bonds. The minimum absolute atomic E-state index is 0.213. The molecule has 1 unspecified atom stereocenters. The van der Waals surface area contributed by atoms with Gasteiger partial charge in [-0.1, -0.05) is 0 Å². The van der Waals surface area contributed by atoms with Crippen LogP contribution in [0.4, 0.5) is 0 Å². The van der Waals surface area contributed by atoms with E-state index in [0.29, 0.717) is 0 Å². The van der Waals surface area contributed by atoms with Crippen molar-refractivity contribution in [3.63, 3.8) is 0 Å². The average molecular weight is 193 g/mol. The molecule has 6 heteroatoms. The van der Waals surface area contributed by atoms with Crippen LogP contribution in [0.25, 0.3) is 0 Å². The van der Waals surface area contributed by atoms with Crippen LogP contribution < -0.4 is 0 Å². The second-order valence-corrected chi connectivity index (χ2v) is 2.64. The SMILES string of the molecule is C=C(O[P+](=O)OC)C(=O)OCC. The maximum absolute atomic E-state index is 10.8. The Morgan fingerprint density at radius 2 is 2.17 bits per heavy atom. The van der Waals surface area contributed by atoms with E-state index in [-0.39, 0.29) is 12.4 Å². The third-order valence-electron chi connectivity index (χ3n) is 0.837. The zero-order chi connectivity index (χ0) is 9.56. The summed E-state index contributed by atoms with van der Waals surface area (Å²) in [5, 5.41) is 0. The lowest BCUT2D eigenvalue weighted by atomic mass is 10.6. The van der Waals surface area contributed by atoms with Gasteiger partial charge in [0.05, 0.1) is 13.7 Å². The van der Waals surface area contributed by atoms with Gasteiger partial charge in [-0.3, -0.25) is 0 Å². The van der Waals surface area contributed by atoms with Gasteiger partial charge in [-0.2, -0.15) is 0 Å². The zero-order valence-electron chi connectivity index (χ0n) is 6.90. The molecule has 1 atom stereocenters. The predicted molar refractivity (Wildman–Crippen MR) is 41.5 cm³/mol. The molecular formula is C6H10O5P+. The first kappa shape index (κ1) is 11.1. The molecule has 0 aliphatic heterocycles. The second kappa shape index (κ2) is 5.69. The summed E-state index contributed by atoms with van der Waals surface area (Å²) in [5.74, 6) is -1.06. The highest BCUT2D eigenvalue weighted by Gasteiger charge is 2.24. The van der Waals surface area contributed by atoms with Crippen molar-refractivity contribution < 1.29 is 23.1 Å². The van der Waals surface area contributed by atoms with Gasteiger partial charge in [0, 0.05) is 4.57 Å². The minimum Gasteiger partial charge on any atom is -0.460 e. The summed E-state index contributed by atoms with van der Waals surface area (Å²) in [7, 11) is -1.12. The quantitative estimate of drug-likeness (QED) is 0.285. The lowest BCUT2D eigenvalue weighted by Gasteiger charge is -1.97. The topological polar surface area (TPSA) is 61.8 Å². The smallest absolute Gasteiger partial charge is 0.460 e. The van der Waals surface area contributed by atoms with Gasteiger partial charge < -0.3 is 4.74 Å². The number of carbonyl (C=O) groups excluding carboxylic acids is 1. The number of carbonyl (C=O) groups is 1. The van der Waals surface area contributed by atoms with Gasteiger partial charge in [-0.25, -0.2) is 9.32 Å². The van der Waals surface area contributed by atoms with Crippen LogP contribution in [0, 0.1) is 0 Å². The fourth-order valence-electron chi connectivity index (χ4n) is 0.376. The summed E-state index contributed by atoms with van der Waals surface area (Å²) < 4.78 is 23.8. The Bertz CT molecular complexity index is 200. The van der Waals surface area contributed by atoms with Crippen LogP contribution in [0.2, 0.25) is 0 Å². The highest BCUT2D eigenvalue weighted by atomic mass is 31.1. The molecule has 0 aromatic heterocycles. The van der Waals surface area contributed by atoms with Gasteiger partial charge >= 0.3 is 14.2 Å². The van der Waals surface area contributed by atoms with Gasteiger partial charge in [-0.15, -0.1) is 4.52 Å². The summed E-state index contributed by atoms with van der Waals surface area (Å²) in [6, 6.07) is 0. The van der Waals surface area contributed by atoms with E-state index in [4.69, 9.17) is 0 Å². The normalized spacial score (nSPS) is 10.3. The number of ether oxygens (including phenoxy) is 1. The number of hydrogen-bond acceptors (Lipinski definition) is 5. The van der Waals surface area contributed by atoms with Gasteiger partial charge in [0.1, 0.15) is 0 Å². The van der Waals surface area contributed by atoms with E-state index in [0.717, 1.165) is 0 Å². The van der Waals surface area contributed by atoms with Crippen LogP contribution in [0.3, 0.4) is 0 Å². The maximum Gasteiger partial charge on any atom is 0.750 e. The van der Waals surface area contributed by atoms with Crippen molar-refractivity contribution in [1.29, 1.82) is 0 Å². The van der Waals surface area contributed by atoms with Gasteiger partial charge in [0.25, 0.3) is 5.76 Å². The number of esters is 1. The van der Waals surface area contributed by atoms with Crippen LogP contribution in [0.1, 0.15) is 6.92 Å². The van der Waals surface area contributed by atoms with Crippen LogP contribution in [-0.2, 0) is 23.1 Å². The molecule has 5 nitrogen and oxygen atoms in total. The third-order valence-corrected chi connectivity index (χ3v) is 1.50. The summed E-state index contributed by atoms with van der Waals surface area (Å²) in [5.41, 5.74) is 0. The highest BCUT2D eigenvalue weighted by Crippen LogP contribution is 2.25. The predicted octanol–water partition coefficient (Wildman–Crippen LogP) is 1.38. The van der Waals surface area contributed by atoms with E-state index in [9.17, 15) is 9.36 Å². The molecule has 12 heavy (non-hydrogen) atoms. The van der Waals surface area contributed by atoms with E-state index < -0.39 is 14.2 Å². The molecule has 0 aliphatic carbocycles. The Labute approximate surface area is 71.3 Å². The standard InChI is InChI=1S/C6H10O5P/c1-4-10-6(7)5(2)11-12(8)9-3/h2,4H2,1,3H3/q+1. The zero-order valence-corrected chi connectivity index (χ0v) is 7.80. The summed E-state index contributed by atoms with van der Waals surface area (Å²) >= 11 is 0. The van der Waals surface area contributed by atoms with Crippen molar-refractivity contribution in [2.45, 2.75) is 6.92 Å². The minimum atomic E-state index is -2.31.